The second-order valence-electron chi connectivity index (χ2n) is 6.63. The summed E-state index contributed by atoms with van der Waals surface area (Å²) < 4.78 is 0. The molecule has 1 N–H and O–H groups in total. The van der Waals surface area contributed by atoms with Crippen LogP contribution >= 0.6 is 0 Å². The molecule has 0 radical (unpaired) electrons. The summed E-state index contributed by atoms with van der Waals surface area (Å²) in [6.45, 7) is 1.94. The maximum Gasteiger partial charge on any atom is 0.301 e. The minimum Gasteiger partial charge on any atom is -0.507 e. The number of anilines is 1. The summed E-state index contributed by atoms with van der Waals surface area (Å²) in [6, 6.07) is 20.8. The highest BCUT2D eigenvalue weighted by atomic mass is 16.3. The summed E-state index contributed by atoms with van der Waals surface area (Å²) in [5, 5.41) is 11.0. The van der Waals surface area contributed by atoms with Crippen molar-refractivity contribution >= 4 is 23.3 Å². The first-order valence-electron chi connectivity index (χ1n) is 8.92. The van der Waals surface area contributed by atoms with Crippen molar-refractivity contribution in [3.63, 3.8) is 0 Å². The van der Waals surface area contributed by atoms with Gasteiger partial charge in [0, 0.05) is 11.8 Å². The van der Waals surface area contributed by atoms with E-state index < -0.39 is 17.7 Å². The zero-order valence-electron chi connectivity index (χ0n) is 15.2. The molecule has 4 rings (SSSR count). The molecule has 2 aromatic carbocycles. The fourth-order valence-corrected chi connectivity index (χ4v) is 3.38. The van der Waals surface area contributed by atoms with E-state index in [1.807, 2.05) is 49.4 Å². The van der Waals surface area contributed by atoms with Gasteiger partial charge in [0.2, 0.25) is 0 Å². The maximum absolute atomic E-state index is 12.9. The molecular formula is C23H18N2O3. The molecule has 1 aliphatic rings. The zero-order chi connectivity index (χ0) is 19.7. The molecule has 0 saturated carbocycles. The Balaban J connectivity index is 1.94. The van der Waals surface area contributed by atoms with Crippen molar-refractivity contribution in [2.45, 2.75) is 13.0 Å². The molecule has 3 aromatic rings. The van der Waals surface area contributed by atoms with E-state index in [1.54, 1.807) is 36.5 Å². The number of rotatable bonds is 3. The van der Waals surface area contributed by atoms with Crippen LogP contribution in [0.25, 0.3) is 5.76 Å². The van der Waals surface area contributed by atoms with Crippen LogP contribution in [0, 0.1) is 6.92 Å². The van der Waals surface area contributed by atoms with Gasteiger partial charge in [-0.2, -0.15) is 0 Å². The van der Waals surface area contributed by atoms with Crippen LogP contribution in [0.5, 0.6) is 0 Å². The number of aromatic nitrogens is 1. The molecule has 5 nitrogen and oxygen atoms in total. The van der Waals surface area contributed by atoms with Crippen LogP contribution in [0.1, 0.15) is 22.7 Å². The molecule has 1 saturated heterocycles. The van der Waals surface area contributed by atoms with Crippen molar-refractivity contribution < 1.29 is 14.7 Å². The number of aryl methyl sites for hydroxylation is 1. The molecule has 1 fully saturated rings. The van der Waals surface area contributed by atoms with Gasteiger partial charge in [0.05, 0.1) is 11.6 Å². The Morgan fingerprint density at radius 1 is 0.929 bits per heavy atom. The first kappa shape index (κ1) is 17.7. The number of carbonyl (C=O) groups excluding carboxylic acids is 2. The number of aliphatic hydroxyl groups excluding tert-OH is 1. The van der Waals surface area contributed by atoms with Crippen molar-refractivity contribution in [1.29, 1.82) is 0 Å². The predicted octanol–water partition coefficient (Wildman–Crippen LogP) is 4.02. The Labute approximate surface area is 162 Å². The maximum atomic E-state index is 12.9. The zero-order valence-corrected chi connectivity index (χ0v) is 15.2. The minimum absolute atomic E-state index is 0.0608. The molecule has 1 atom stereocenters. The van der Waals surface area contributed by atoms with E-state index in [0.29, 0.717) is 11.4 Å². The third-order valence-corrected chi connectivity index (χ3v) is 4.78. The van der Waals surface area contributed by atoms with Crippen LogP contribution in [-0.4, -0.2) is 21.8 Å². The van der Waals surface area contributed by atoms with E-state index in [4.69, 9.17) is 0 Å². The molecule has 5 heteroatoms. The van der Waals surface area contributed by atoms with E-state index in [0.717, 1.165) is 11.1 Å². The van der Waals surface area contributed by atoms with E-state index >= 15 is 0 Å². The molecule has 138 valence electrons. The van der Waals surface area contributed by atoms with Gasteiger partial charge in [-0.15, -0.1) is 0 Å². The van der Waals surface area contributed by atoms with E-state index in [2.05, 4.69) is 4.98 Å². The van der Waals surface area contributed by atoms with E-state index in [-0.39, 0.29) is 11.3 Å². The molecular weight excluding hydrogens is 352 g/mol. The minimum atomic E-state index is -0.752. The fraction of sp³-hybridized carbons (Fsp3) is 0.0870. The van der Waals surface area contributed by atoms with Gasteiger partial charge in [0.1, 0.15) is 11.6 Å². The molecule has 1 unspecified atom stereocenters. The van der Waals surface area contributed by atoms with Crippen LogP contribution in [0.2, 0.25) is 0 Å². The van der Waals surface area contributed by atoms with Gasteiger partial charge in [0.25, 0.3) is 5.78 Å². The summed E-state index contributed by atoms with van der Waals surface area (Å²) in [7, 11) is 0. The number of carbonyl (C=O) groups is 2. The van der Waals surface area contributed by atoms with Gasteiger partial charge in [-0.1, -0.05) is 66.2 Å². The van der Waals surface area contributed by atoms with Crippen LogP contribution in [-0.2, 0) is 9.59 Å². The lowest BCUT2D eigenvalue weighted by Crippen LogP contribution is -2.30. The van der Waals surface area contributed by atoms with E-state index in [9.17, 15) is 14.7 Å². The number of amides is 1. The lowest BCUT2D eigenvalue weighted by atomic mass is 9.95. The Bertz CT molecular complexity index is 1060. The summed E-state index contributed by atoms with van der Waals surface area (Å²) in [6.07, 6.45) is 1.57. The molecule has 0 aliphatic carbocycles. The predicted molar refractivity (Wildman–Crippen MR) is 107 cm³/mol. The normalized spacial score (nSPS) is 18.5. The summed E-state index contributed by atoms with van der Waals surface area (Å²) >= 11 is 0. The van der Waals surface area contributed by atoms with Crippen LogP contribution in [0.4, 0.5) is 5.82 Å². The standard InChI is InChI=1S/C23H18N2O3/c1-15-10-12-17(13-11-15)21(26)19-20(16-7-3-2-4-8-16)25(23(28)22(19)27)18-9-5-6-14-24-18/h2-14,20,26H,1H3/b21-19-. The summed E-state index contributed by atoms with van der Waals surface area (Å²) in [4.78, 5) is 31.4. The quantitative estimate of drug-likeness (QED) is 0.429. The highest BCUT2D eigenvalue weighted by molar-refractivity contribution is 6.51. The molecule has 0 bridgehead atoms. The second kappa shape index (κ2) is 7.12. The first-order chi connectivity index (χ1) is 13.6. The number of Topliss-reactive ketones (excluding diaryl/α,β-unsaturated/α-hetero) is 1. The average Bonchev–Trinajstić information content (AvgIpc) is 3.00. The molecule has 28 heavy (non-hydrogen) atoms. The first-order valence-corrected chi connectivity index (χ1v) is 8.92. The number of nitrogens with zero attached hydrogens (tertiary/aromatic N) is 2. The Morgan fingerprint density at radius 3 is 2.25 bits per heavy atom. The summed E-state index contributed by atoms with van der Waals surface area (Å²) in [5.74, 6) is -1.26. The van der Waals surface area contributed by atoms with Gasteiger partial charge in [0.15, 0.2) is 0 Å². The number of aliphatic hydroxyl groups is 1. The molecule has 1 aliphatic heterocycles. The van der Waals surface area contributed by atoms with Crippen molar-refractivity contribution in [2.75, 3.05) is 4.90 Å². The van der Waals surface area contributed by atoms with Gasteiger partial charge in [-0.25, -0.2) is 4.98 Å². The third kappa shape index (κ3) is 2.97. The van der Waals surface area contributed by atoms with Crippen LogP contribution < -0.4 is 4.90 Å². The highest BCUT2D eigenvalue weighted by Crippen LogP contribution is 2.41. The van der Waals surface area contributed by atoms with Crippen molar-refractivity contribution in [1.82, 2.24) is 4.98 Å². The number of hydrogen-bond donors (Lipinski definition) is 1. The lowest BCUT2D eigenvalue weighted by Gasteiger charge is -2.24. The number of benzene rings is 2. The SMILES string of the molecule is Cc1ccc(/C(O)=C2/C(=O)C(=O)N(c3ccccn3)C2c2ccccc2)cc1. The van der Waals surface area contributed by atoms with Crippen molar-refractivity contribution in [3.05, 3.63) is 101 Å². The van der Waals surface area contributed by atoms with Crippen LogP contribution in [0.15, 0.2) is 84.6 Å². The Morgan fingerprint density at radius 2 is 1.61 bits per heavy atom. The largest absolute Gasteiger partial charge is 0.507 e. The van der Waals surface area contributed by atoms with E-state index in [1.165, 1.54) is 4.90 Å². The molecule has 1 amide bonds. The Hall–Kier alpha value is -3.73. The summed E-state index contributed by atoms with van der Waals surface area (Å²) in [5.41, 5.74) is 2.31. The molecule has 0 spiro atoms. The number of hydrogen-bond acceptors (Lipinski definition) is 4. The van der Waals surface area contributed by atoms with Gasteiger partial charge >= 0.3 is 5.91 Å². The number of ketones is 1. The topological polar surface area (TPSA) is 70.5 Å². The fourth-order valence-electron chi connectivity index (χ4n) is 3.38. The van der Waals surface area contributed by atoms with Crippen LogP contribution in [0.3, 0.4) is 0 Å². The average molecular weight is 370 g/mol. The lowest BCUT2D eigenvalue weighted by molar-refractivity contribution is -0.132. The highest BCUT2D eigenvalue weighted by Gasteiger charge is 2.47. The Kier molecular flexibility index (Phi) is 4.49. The molecule has 1 aromatic heterocycles. The van der Waals surface area contributed by atoms with Gasteiger partial charge in [-0.05, 0) is 24.6 Å². The van der Waals surface area contributed by atoms with Crippen molar-refractivity contribution in [2.24, 2.45) is 0 Å². The molecule has 2 heterocycles. The second-order valence-corrected chi connectivity index (χ2v) is 6.63. The monoisotopic (exact) mass is 370 g/mol. The smallest absolute Gasteiger partial charge is 0.301 e. The van der Waals surface area contributed by atoms with Crippen molar-refractivity contribution in [3.8, 4) is 0 Å². The van der Waals surface area contributed by atoms with Gasteiger partial charge in [-0.3, -0.25) is 14.5 Å². The third-order valence-electron chi connectivity index (χ3n) is 4.78. The van der Waals surface area contributed by atoms with Gasteiger partial charge < -0.3 is 5.11 Å². The number of pyridine rings is 1.